The molecule has 0 aliphatic heterocycles. The molecule has 1 unspecified atom stereocenters. The maximum atomic E-state index is 12.2. The maximum absolute atomic E-state index is 12.2. The molecule has 1 aromatic rings. The summed E-state index contributed by atoms with van der Waals surface area (Å²) in [5, 5.41) is 3.00. The smallest absolute Gasteiger partial charge is 0.220 e. The van der Waals surface area contributed by atoms with Gasteiger partial charge in [-0.15, -0.1) is 0 Å². The summed E-state index contributed by atoms with van der Waals surface area (Å²) in [4.78, 5) is 24.2. The molecule has 126 valence electrons. The fourth-order valence-electron chi connectivity index (χ4n) is 2.70. The van der Waals surface area contributed by atoms with Crippen LogP contribution in [0.15, 0.2) is 24.3 Å². The van der Waals surface area contributed by atoms with Crippen molar-refractivity contribution >= 4 is 11.7 Å². The van der Waals surface area contributed by atoms with Crippen LogP contribution in [0, 0.1) is 5.92 Å². The van der Waals surface area contributed by atoms with Crippen molar-refractivity contribution < 1.29 is 14.3 Å². The monoisotopic (exact) mass is 318 g/mol. The quantitative estimate of drug-likeness (QED) is 0.685. The third-order valence-electron chi connectivity index (χ3n) is 4.39. The van der Waals surface area contributed by atoms with Crippen molar-refractivity contribution in [3.05, 3.63) is 29.8 Å². The standard InChI is InChI=1S/C18H26N2O3/c1-3-23-15-8-4-13(5-9-15)16(21)10-11-17(22)20-18(2,12-19)14-6-7-14/h4-5,8-9,14H,3,6-7,10-12,19H2,1-2H3,(H,20,22). The van der Waals surface area contributed by atoms with Crippen molar-refractivity contribution in [2.24, 2.45) is 11.7 Å². The summed E-state index contributed by atoms with van der Waals surface area (Å²) in [6.45, 7) is 4.91. The van der Waals surface area contributed by atoms with Crippen molar-refractivity contribution in [3.63, 3.8) is 0 Å². The Morgan fingerprint density at radius 1 is 1.26 bits per heavy atom. The number of hydrogen-bond acceptors (Lipinski definition) is 4. The first-order chi connectivity index (χ1) is 11.0. The molecule has 1 fully saturated rings. The highest BCUT2D eigenvalue weighted by Crippen LogP contribution is 2.39. The first-order valence-electron chi connectivity index (χ1n) is 8.25. The molecule has 5 nitrogen and oxygen atoms in total. The summed E-state index contributed by atoms with van der Waals surface area (Å²) in [7, 11) is 0. The number of carbonyl (C=O) groups is 2. The molecule has 0 aromatic heterocycles. The number of carbonyl (C=O) groups excluding carboxylic acids is 2. The number of nitrogens with two attached hydrogens (primary N) is 1. The number of ether oxygens (including phenoxy) is 1. The van der Waals surface area contributed by atoms with Crippen LogP contribution >= 0.6 is 0 Å². The largest absolute Gasteiger partial charge is 0.494 e. The van der Waals surface area contributed by atoms with E-state index in [9.17, 15) is 9.59 Å². The Hall–Kier alpha value is -1.88. The molecule has 2 rings (SSSR count). The molecule has 23 heavy (non-hydrogen) atoms. The number of hydrogen-bond donors (Lipinski definition) is 2. The Balaban J connectivity index is 1.82. The van der Waals surface area contributed by atoms with Crippen LogP contribution in [0.5, 0.6) is 5.75 Å². The average Bonchev–Trinajstić information content (AvgIpc) is 3.39. The SMILES string of the molecule is CCOc1ccc(C(=O)CCC(=O)NC(C)(CN)C2CC2)cc1. The molecule has 0 spiro atoms. The molecule has 1 amide bonds. The van der Waals surface area contributed by atoms with E-state index in [0.29, 0.717) is 24.6 Å². The molecule has 1 saturated carbocycles. The number of rotatable bonds is 9. The summed E-state index contributed by atoms with van der Waals surface area (Å²) in [5.74, 6) is 1.07. The van der Waals surface area contributed by atoms with Crippen LogP contribution in [0.25, 0.3) is 0 Å². The van der Waals surface area contributed by atoms with E-state index in [1.807, 2.05) is 13.8 Å². The van der Waals surface area contributed by atoms with Crippen LogP contribution in [-0.2, 0) is 4.79 Å². The summed E-state index contributed by atoms with van der Waals surface area (Å²) in [6, 6.07) is 7.02. The molecular formula is C18H26N2O3. The van der Waals surface area contributed by atoms with Crippen molar-refractivity contribution in [1.29, 1.82) is 0 Å². The van der Waals surface area contributed by atoms with E-state index in [1.54, 1.807) is 24.3 Å². The lowest BCUT2D eigenvalue weighted by Gasteiger charge is -2.29. The van der Waals surface area contributed by atoms with E-state index >= 15 is 0 Å². The summed E-state index contributed by atoms with van der Waals surface area (Å²) >= 11 is 0. The Kier molecular flexibility index (Phi) is 5.77. The third-order valence-corrected chi connectivity index (χ3v) is 4.39. The zero-order chi connectivity index (χ0) is 16.9. The minimum Gasteiger partial charge on any atom is -0.494 e. The molecule has 5 heteroatoms. The predicted octanol–water partition coefficient (Wildman–Crippen LogP) is 2.29. The highest BCUT2D eigenvalue weighted by molar-refractivity contribution is 5.98. The van der Waals surface area contributed by atoms with E-state index < -0.39 is 0 Å². The molecule has 1 atom stereocenters. The van der Waals surface area contributed by atoms with Gasteiger partial charge in [-0.1, -0.05) is 0 Å². The summed E-state index contributed by atoms with van der Waals surface area (Å²) in [6.07, 6.45) is 2.61. The van der Waals surface area contributed by atoms with Gasteiger partial charge in [0.25, 0.3) is 0 Å². The fourth-order valence-corrected chi connectivity index (χ4v) is 2.70. The van der Waals surface area contributed by atoms with Gasteiger partial charge >= 0.3 is 0 Å². The molecule has 1 aliphatic rings. The number of nitrogens with one attached hydrogen (secondary N) is 1. The third kappa shape index (κ3) is 4.79. The van der Waals surface area contributed by atoms with Crippen LogP contribution in [0.3, 0.4) is 0 Å². The van der Waals surface area contributed by atoms with Gasteiger partial charge in [0.15, 0.2) is 5.78 Å². The minimum atomic E-state index is -0.334. The number of ketones is 1. The molecule has 3 N–H and O–H groups in total. The van der Waals surface area contributed by atoms with Gasteiger partial charge in [0.2, 0.25) is 5.91 Å². The summed E-state index contributed by atoms with van der Waals surface area (Å²) in [5.41, 5.74) is 6.06. The number of Topliss-reactive ketones (excluding diaryl/α,β-unsaturated/α-hetero) is 1. The molecule has 1 aliphatic carbocycles. The Morgan fingerprint density at radius 2 is 1.91 bits per heavy atom. The van der Waals surface area contributed by atoms with Gasteiger partial charge in [-0.05, 0) is 56.9 Å². The van der Waals surface area contributed by atoms with Gasteiger partial charge in [0, 0.05) is 24.9 Å². The Morgan fingerprint density at radius 3 is 2.43 bits per heavy atom. The molecular weight excluding hydrogens is 292 g/mol. The predicted molar refractivity (Wildman–Crippen MR) is 89.5 cm³/mol. The lowest BCUT2D eigenvalue weighted by atomic mass is 9.95. The molecule has 0 heterocycles. The van der Waals surface area contributed by atoms with Crippen molar-refractivity contribution in [2.75, 3.05) is 13.2 Å². The van der Waals surface area contributed by atoms with Crippen LogP contribution < -0.4 is 15.8 Å². The van der Waals surface area contributed by atoms with Crippen LogP contribution in [0.1, 0.15) is 49.9 Å². The van der Waals surface area contributed by atoms with Gasteiger partial charge < -0.3 is 15.8 Å². The van der Waals surface area contributed by atoms with Crippen LogP contribution in [0.4, 0.5) is 0 Å². The minimum absolute atomic E-state index is 0.0379. The number of benzene rings is 1. The second-order valence-electron chi connectivity index (χ2n) is 6.32. The molecule has 1 aromatic carbocycles. The van der Waals surface area contributed by atoms with Gasteiger partial charge in [-0.2, -0.15) is 0 Å². The zero-order valence-corrected chi connectivity index (χ0v) is 13.9. The van der Waals surface area contributed by atoms with Crippen molar-refractivity contribution in [2.45, 2.75) is 45.1 Å². The lowest BCUT2D eigenvalue weighted by Crippen LogP contribution is -2.53. The maximum Gasteiger partial charge on any atom is 0.220 e. The summed E-state index contributed by atoms with van der Waals surface area (Å²) < 4.78 is 5.35. The second-order valence-corrected chi connectivity index (χ2v) is 6.32. The first kappa shape index (κ1) is 17.5. The van der Waals surface area contributed by atoms with E-state index in [0.717, 1.165) is 18.6 Å². The number of amides is 1. The molecule has 0 radical (unpaired) electrons. The van der Waals surface area contributed by atoms with Crippen molar-refractivity contribution in [3.8, 4) is 5.75 Å². The Bertz CT molecular complexity index is 552. The van der Waals surface area contributed by atoms with Gasteiger partial charge in [-0.3, -0.25) is 9.59 Å². The van der Waals surface area contributed by atoms with E-state index in [-0.39, 0.29) is 30.1 Å². The fraction of sp³-hybridized carbons (Fsp3) is 0.556. The van der Waals surface area contributed by atoms with Crippen molar-refractivity contribution in [1.82, 2.24) is 5.32 Å². The van der Waals surface area contributed by atoms with Crippen LogP contribution in [-0.4, -0.2) is 30.4 Å². The normalized spacial score (nSPS) is 16.5. The van der Waals surface area contributed by atoms with E-state index in [2.05, 4.69) is 5.32 Å². The Labute approximate surface area is 137 Å². The first-order valence-corrected chi connectivity index (χ1v) is 8.25. The van der Waals surface area contributed by atoms with Gasteiger partial charge in [0.1, 0.15) is 5.75 Å². The molecule has 0 saturated heterocycles. The van der Waals surface area contributed by atoms with E-state index in [4.69, 9.17) is 10.5 Å². The highest BCUT2D eigenvalue weighted by atomic mass is 16.5. The highest BCUT2D eigenvalue weighted by Gasteiger charge is 2.41. The average molecular weight is 318 g/mol. The zero-order valence-electron chi connectivity index (χ0n) is 13.9. The second kappa shape index (κ2) is 7.59. The van der Waals surface area contributed by atoms with Gasteiger partial charge in [-0.25, -0.2) is 0 Å². The topological polar surface area (TPSA) is 81.4 Å². The lowest BCUT2D eigenvalue weighted by molar-refractivity contribution is -0.123. The molecule has 0 bridgehead atoms. The van der Waals surface area contributed by atoms with E-state index in [1.165, 1.54) is 0 Å². The van der Waals surface area contributed by atoms with Gasteiger partial charge in [0.05, 0.1) is 12.1 Å². The van der Waals surface area contributed by atoms with Crippen LogP contribution in [0.2, 0.25) is 0 Å².